The summed E-state index contributed by atoms with van der Waals surface area (Å²) in [5.74, 6) is 1.48. The number of rotatable bonds is 0. The maximum atomic E-state index is 11.9. The summed E-state index contributed by atoms with van der Waals surface area (Å²) in [5.41, 5.74) is 0. The fourth-order valence-electron chi connectivity index (χ4n) is 3.18. The first kappa shape index (κ1) is 9.79. The molecule has 0 unspecified atom stereocenters. The fourth-order valence-corrected chi connectivity index (χ4v) is 3.18. The van der Waals surface area contributed by atoms with Crippen molar-refractivity contribution in [3.63, 3.8) is 0 Å². The predicted molar refractivity (Wildman–Crippen MR) is 54.5 cm³/mol. The summed E-state index contributed by atoms with van der Waals surface area (Å²) in [7, 11) is 0. The van der Waals surface area contributed by atoms with Gasteiger partial charge in [0.05, 0.1) is 25.4 Å². The van der Waals surface area contributed by atoms with Gasteiger partial charge in [0, 0.05) is 12.3 Å². The summed E-state index contributed by atoms with van der Waals surface area (Å²) in [4.78, 5) is 11.9. The van der Waals surface area contributed by atoms with Crippen LogP contribution in [0.3, 0.4) is 0 Å². The Morgan fingerprint density at radius 1 is 1.33 bits per heavy atom. The minimum atomic E-state index is 0.156. The highest BCUT2D eigenvalue weighted by Crippen LogP contribution is 2.42. The van der Waals surface area contributed by atoms with Crippen LogP contribution in [0.5, 0.6) is 0 Å². The van der Waals surface area contributed by atoms with Crippen LogP contribution in [0.4, 0.5) is 0 Å². The molecule has 84 valence electrons. The van der Waals surface area contributed by atoms with Crippen molar-refractivity contribution in [2.45, 2.75) is 38.4 Å². The largest absolute Gasteiger partial charge is 0.380 e. The van der Waals surface area contributed by atoms with Crippen molar-refractivity contribution in [2.24, 2.45) is 17.8 Å². The van der Waals surface area contributed by atoms with Crippen LogP contribution in [0.2, 0.25) is 0 Å². The number of fused-ring (bicyclic) bond motifs is 2. The lowest BCUT2D eigenvalue weighted by molar-refractivity contribution is -0.124. The van der Waals surface area contributed by atoms with E-state index in [1.165, 1.54) is 0 Å². The smallest absolute Gasteiger partial charge is 0.138 e. The first-order chi connectivity index (χ1) is 7.27. The molecule has 1 aliphatic carbocycles. The maximum Gasteiger partial charge on any atom is 0.138 e. The second-order valence-electron chi connectivity index (χ2n) is 5.16. The van der Waals surface area contributed by atoms with Crippen LogP contribution in [0.15, 0.2) is 0 Å². The van der Waals surface area contributed by atoms with Crippen molar-refractivity contribution in [3.05, 3.63) is 0 Å². The molecule has 3 fully saturated rings. The lowest BCUT2D eigenvalue weighted by atomic mass is 9.80. The SMILES string of the molecule is C[C@H]1[C@@H]2COC[C@@H]2C(=O)CCC[C@H]2O[C@H]12. The van der Waals surface area contributed by atoms with Crippen LogP contribution in [0.25, 0.3) is 0 Å². The molecule has 2 heterocycles. The average molecular weight is 210 g/mol. The molecule has 0 spiro atoms. The van der Waals surface area contributed by atoms with Gasteiger partial charge in [0.25, 0.3) is 0 Å². The Hall–Kier alpha value is -0.410. The lowest BCUT2D eigenvalue weighted by Crippen LogP contribution is -2.29. The van der Waals surface area contributed by atoms with Gasteiger partial charge in [0.15, 0.2) is 0 Å². The Morgan fingerprint density at radius 2 is 2.20 bits per heavy atom. The molecule has 3 aliphatic rings. The van der Waals surface area contributed by atoms with E-state index in [0.29, 0.717) is 36.4 Å². The molecule has 0 amide bonds. The van der Waals surface area contributed by atoms with Crippen LogP contribution in [0.1, 0.15) is 26.2 Å². The van der Waals surface area contributed by atoms with Gasteiger partial charge in [0.2, 0.25) is 0 Å². The highest BCUT2D eigenvalue weighted by atomic mass is 16.6. The topological polar surface area (TPSA) is 38.8 Å². The quantitative estimate of drug-likeness (QED) is 0.567. The number of Topliss-reactive ketones (excluding diaryl/α,β-unsaturated/α-hetero) is 1. The molecule has 1 saturated carbocycles. The Bertz CT molecular complexity index is 276. The van der Waals surface area contributed by atoms with E-state index in [2.05, 4.69) is 6.92 Å². The third kappa shape index (κ3) is 1.62. The van der Waals surface area contributed by atoms with Crippen molar-refractivity contribution in [1.82, 2.24) is 0 Å². The lowest BCUT2D eigenvalue weighted by Gasteiger charge is -2.21. The van der Waals surface area contributed by atoms with Crippen LogP contribution < -0.4 is 0 Å². The highest BCUT2D eigenvalue weighted by Gasteiger charge is 2.50. The van der Waals surface area contributed by atoms with Gasteiger partial charge in [-0.1, -0.05) is 6.92 Å². The van der Waals surface area contributed by atoms with Gasteiger partial charge in [-0.2, -0.15) is 0 Å². The normalized spacial score (nSPS) is 49.9. The van der Waals surface area contributed by atoms with E-state index in [-0.39, 0.29) is 5.92 Å². The van der Waals surface area contributed by atoms with Gasteiger partial charge in [-0.15, -0.1) is 0 Å². The zero-order chi connectivity index (χ0) is 10.4. The van der Waals surface area contributed by atoms with Crippen molar-refractivity contribution in [3.8, 4) is 0 Å². The third-order valence-corrected chi connectivity index (χ3v) is 4.27. The first-order valence-electron chi connectivity index (χ1n) is 6.03. The maximum absolute atomic E-state index is 11.9. The van der Waals surface area contributed by atoms with Crippen LogP contribution in [-0.2, 0) is 14.3 Å². The molecule has 15 heavy (non-hydrogen) atoms. The van der Waals surface area contributed by atoms with Gasteiger partial charge >= 0.3 is 0 Å². The number of hydrogen-bond donors (Lipinski definition) is 0. The molecule has 3 nitrogen and oxygen atoms in total. The molecule has 3 heteroatoms. The molecule has 0 radical (unpaired) electrons. The van der Waals surface area contributed by atoms with Gasteiger partial charge in [-0.25, -0.2) is 0 Å². The standard InChI is InChI=1S/C12H18O3/c1-7-8-5-14-6-9(8)10(13)3-2-4-11-12(7)15-11/h7-9,11-12H,2-6H2,1H3/t7-,8-,9-,11+,12+/m0/s1. The van der Waals surface area contributed by atoms with E-state index in [1.54, 1.807) is 0 Å². The number of ether oxygens (including phenoxy) is 2. The molecule has 5 atom stereocenters. The summed E-state index contributed by atoms with van der Waals surface area (Å²) < 4.78 is 11.2. The van der Waals surface area contributed by atoms with Crippen molar-refractivity contribution >= 4 is 5.78 Å². The minimum absolute atomic E-state index is 0.156. The van der Waals surface area contributed by atoms with Crippen LogP contribution in [-0.4, -0.2) is 31.2 Å². The van der Waals surface area contributed by atoms with E-state index in [4.69, 9.17) is 9.47 Å². The van der Waals surface area contributed by atoms with Gasteiger partial charge in [-0.3, -0.25) is 4.79 Å². The molecule has 0 aromatic heterocycles. The Balaban J connectivity index is 1.81. The molecule has 2 aliphatic heterocycles. The summed E-state index contributed by atoms with van der Waals surface area (Å²) in [6.07, 6.45) is 3.64. The second kappa shape index (κ2) is 3.56. The van der Waals surface area contributed by atoms with E-state index < -0.39 is 0 Å². The molecule has 0 N–H and O–H groups in total. The second-order valence-corrected chi connectivity index (χ2v) is 5.16. The molecular weight excluding hydrogens is 192 g/mol. The summed E-state index contributed by atoms with van der Waals surface area (Å²) in [6, 6.07) is 0. The summed E-state index contributed by atoms with van der Waals surface area (Å²) in [6.45, 7) is 3.62. The van der Waals surface area contributed by atoms with E-state index in [1.807, 2.05) is 0 Å². The molecule has 0 aromatic carbocycles. The molecule has 2 saturated heterocycles. The van der Waals surface area contributed by atoms with Crippen molar-refractivity contribution in [1.29, 1.82) is 0 Å². The Labute approximate surface area is 90.1 Å². The Morgan fingerprint density at radius 3 is 3.07 bits per heavy atom. The van der Waals surface area contributed by atoms with Gasteiger partial charge in [-0.05, 0) is 24.7 Å². The zero-order valence-electron chi connectivity index (χ0n) is 9.15. The molecule has 0 bridgehead atoms. The van der Waals surface area contributed by atoms with Gasteiger partial charge in [0.1, 0.15) is 5.78 Å². The van der Waals surface area contributed by atoms with Crippen molar-refractivity contribution in [2.75, 3.05) is 13.2 Å². The van der Waals surface area contributed by atoms with Crippen LogP contribution >= 0.6 is 0 Å². The van der Waals surface area contributed by atoms with Crippen LogP contribution in [0, 0.1) is 17.8 Å². The number of carbonyl (C=O) groups excluding carboxylic acids is 1. The first-order valence-corrected chi connectivity index (χ1v) is 6.03. The van der Waals surface area contributed by atoms with E-state index >= 15 is 0 Å². The zero-order valence-corrected chi connectivity index (χ0v) is 9.15. The Kier molecular flexibility index (Phi) is 2.33. The number of ketones is 1. The number of hydrogen-bond acceptors (Lipinski definition) is 3. The van der Waals surface area contributed by atoms with E-state index in [9.17, 15) is 4.79 Å². The summed E-state index contributed by atoms with van der Waals surface area (Å²) >= 11 is 0. The predicted octanol–water partition coefficient (Wildman–Crippen LogP) is 1.41. The minimum Gasteiger partial charge on any atom is -0.380 e. The highest BCUT2D eigenvalue weighted by molar-refractivity contribution is 5.81. The monoisotopic (exact) mass is 210 g/mol. The number of carbonyl (C=O) groups is 1. The molecule has 0 aromatic rings. The van der Waals surface area contributed by atoms with Gasteiger partial charge < -0.3 is 9.47 Å². The summed E-state index contributed by atoms with van der Waals surface area (Å²) in [5, 5.41) is 0. The van der Waals surface area contributed by atoms with Crippen molar-refractivity contribution < 1.29 is 14.3 Å². The van der Waals surface area contributed by atoms with E-state index in [0.717, 1.165) is 25.9 Å². The third-order valence-electron chi connectivity index (χ3n) is 4.27. The molecular formula is C12H18O3. The molecule has 3 rings (SSSR count). The number of epoxide rings is 1. The average Bonchev–Trinajstić information content (AvgIpc) is 2.80. The fraction of sp³-hybridized carbons (Fsp3) is 0.917.